The normalized spacial score (nSPS) is 12.4. The molecule has 0 spiro atoms. The number of aliphatic hydroxyl groups is 2. The fourth-order valence-electron chi connectivity index (χ4n) is 6.07. The topological polar surface area (TPSA) is 216 Å². The standard InChI is InChI=1S/C47H40F6N2O12/c1-62-40-21-27(4-18-38(40)66-43(58)29-7-13-33(14-8-29)64-25-45(48,49)50)3-12-32(56)24-36(35-17-11-31(54)23-37(35)55)47(60,61)42(57)20-6-28-5-19-39(41(22-28)63-2)67-44(59)30-9-15-34(16-10-30)65-26-46(51,52)53/h3-23,36,60-61H,24-26,54-55H2,1-2H3. The lowest BCUT2D eigenvalue weighted by atomic mass is 9.82. The number of esters is 2. The highest BCUT2D eigenvalue weighted by Crippen LogP contribution is 2.37. The van der Waals surface area contributed by atoms with E-state index in [4.69, 9.17) is 30.4 Å². The number of carbonyl (C=O) groups is 4. The van der Waals surface area contributed by atoms with Crippen LogP contribution in [0.2, 0.25) is 0 Å². The summed E-state index contributed by atoms with van der Waals surface area (Å²) in [6.45, 7) is -3.03. The van der Waals surface area contributed by atoms with Crippen LogP contribution in [0.3, 0.4) is 0 Å². The van der Waals surface area contributed by atoms with Gasteiger partial charge in [-0.1, -0.05) is 30.4 Å². The van der Waals surface area contributed by atoms with Crippen molar-refractivity contribution in [1.82, 2.24) is 0 Å². The zero-order valence-electron chi connectivity index (χ0n) is 35.2. The summed E-state index contributed by atoms with van der Waals surface area (Å²) in [5, 5.41) is 22.8. The Bertz CT molecular complexity index is 2650. The molecule has 0 amide bonds. The first-order valence-corrected chi connectivity index (χ1v) is 19.5. The summed E-state index contributed by atoms with van der Waals surface area (Å²) in [5.74, 6) is -8.87. The first-order valence-electron chi connectivity index (χ1n) is 19.5. The lowest BCUT2D eigenvalue weighted by Gasteiger charge is -2.30. The summed E-state index contributed by atoms with van der Waals surface area (Å²) >= 11 is 0. The van der Waals surface area contributed by atoms with Gasteiger partial charge >= 0.3 is 24.3 Å². The maximum Gasteiger partial charge on any atom is 0.422 e. The van der Waals surface area contributed by atoms with Crippen molar-refractivity contribution in [3.05, 3.63) is 143 Å². The average Bonchev–Trinajstić information content (AvgIpc) is 3.28. The molecule has 5 rings (SSSR count). The second-order valence-electron chi connectivity index (χ2n) is 14.3. The number of methoxy groups -OCH3 is 2. The molecule has 0 aliphatic heterocycles. The number of ether oxygens (including phenoxy) is 6. The molecule has 0 heterocycles. The van der Waals surface area contributed by atoms with Gasteiger partial charge in [-0.25, -0.2) is 9.59 Å². The lowest BCUT2D eigenvalue weighted by molar-refractivity contribution is -0.187. The van der Waals surface area contributed by atoms with Gasteiger partial charge in [0.15, 0.2) is 42.0 Å². The molecule has 0 saturated carbocycles. The van der Waals surface area contributed by atoms with E-state index in [0.29, 0.717) is 5.56 Å². The molecule has 352 valence electrons. The molecule has 0 aliphatic rings. The third-order valence-corrected chi connectivity index (χ3v) is 9.39. The molecule has 20 heteroatoms. The van der Waals surface area contributed by atoms with Gasteiger partial charge in [-0.3, -0.25) is 9.59 Å². The maximum absolute atomic E-state index is 13.5. The quantitative estimate of drug-likeness (QED) is 0.0155. The first-order chi connectivity index (χ1) is 31.5. The Labute approximate surface area is 377 Å². The summed E-state index contributed by atoms with van der Waals surface area (Å²) in [6, 6.07) is 21.8. The second-order valence-corrected chi connectivity index (χ2v) is 14.3. The van der Waals surface area contributed by atoms with Gasteiger partial charge in [0.2, 0.25) is 11.6 Å². The minimum atomic E-state index is -4.55. The summed E-state index contributed by atoms with van der Waals surface area (Å²) < 4.78 is 106. The molecule has 0 aliphatic carbocycles. The summed E-state index contributed by atoms with van der Waals surface area (Å²) in [5.41, 5.74) is 12.8. The van der Waals surface area contributed by atoms with Crippen LogP contribution < -0.4 is 39.9 Å². The Kier molecular flexibility index (Phi) is 16.0. The van der Waals surface area contributed by atoms with Crippen molar-refractivity contribution in [2.24, 2.45) is 0 Å². The van der Waals surface area contributed by atoms with Gasteiger partial charge in [0, 0.05) is 17.8 Å². The number of hydrogen-bond donors (Lipinski definition) is 4. The zero-order chi connectivity index (χ0) is 49.1. The fourth-order valence-corrected chi connectivity index (χ4v) is 6.07. The Hall–Kier alpha value is -7.84. The van der Waals surface area contributed by atoms with Crippen LogP contribution in [0, 0.1) is 0 Å². The molecule has 67 heavy (non-hydrogen) atoms. The van der Waals surface area contributed by atoms with Crippen LogP contribution in [0.4, 0.5) is 37.7 Å². The Morgan fingerprint density at radius 3 is 1.46 bits per heavy atom. The molecular formula is C47H40F6N2O12. The van der Waals surface area contributed by atoms with Crippen molar-refractivity contribution in [2.75, 3.05) is 38.9 Å². The van der Waals surface area contributed by atoms with E-state index in [2.05, 4.69) is 9.47 Å². The number of halogens is 6. The van der Waals surface area contributed by atoms with Crippen LogP contribution in [0.1, 0.15) is 49.7 Å². The van der Waals surface area contributed by atoms with Crippen molar-refractivity contribution in [3.8, 4) is 34.5 Å². The van der Waals surface area contributed by atoms with Gasteiger partial charge in [-0.2, -0.15) is 26.3 Å². The third kappa shape index (κ3) is 14.3. The van der Waals surface area contributed by atoms with Gasteiger partial charge in [-0.15, -0.1) is 0 Å². The number of benzene rings is 5. The second kappa shape index (κ2) is 21.4. The van der Waals surface area contributed by atoms with E-state index in [-0.39, 0.29) is 68.1 Å². The number of alkyl halides is 6. The predicted octanol–water partition coefficient (Wildman–Crippen LogP) is 7.91. The Balaban J connectivity index is 1.27. The van der Waals surface area contributed by atoms with E-state index < -0.39 is 67.2 Å². The van der Waals surface area contributed by atoms with Crippen LogP contribution in [-0.2, 0) is 9.59 Å². The van der Waals surface area contributed by atoms with E-state index in [1.807, 2.05) is 0 Å². The van der Waals surface area contributed by atoms with Gasteiger partial charge in [-0.05, 0) is 114 Å². The molecule has 0 saturated heterocycles. The summed E-state index contributed by atoms with van der Waals surface area (Å²) in [4.78, 5) is 52.5. The van der Waals surface area contributed by atoms with E-state index in [0.717, 1.165) is 24.3 Å². The SMILES string of the molecule is COc1cc(C=CC(=O)CC(c2ccc(N)cc2N)C(O)(O)C(=O)C=Cc2ccc(OC(=O)c3ccc(OCC(F)(F)F)cc3)c(OC)c2)ccc1OC(=O)c1ccc(OCC(F)(F)F)cc1. The van der Waals surface area contributed by atoms with Gasteiger partial charge in [0.05, 0.1) is 31.3 Å². The number of ketones is 2. The fraction of sp³-hybridized carbons (Fsp3) is 0.191. The first kappa shape index (κ1) is 50.2. The number of rotatable bonds is 19. The lowest BCUT2D eigenvalue weighted by Crippen LogP contribution is -2.44. The monoisotopic (exact) mass is 938 g/mol. The van der Waals surface area contributed by atoms with Crippen LogP contribution in [0.15, 0.2) is 115 Å². The van der Waals surface area contributed by atoms with E-state index in [1.54, 1.807) is 0 Å². The number of hydrogen-bond acceptors (Lipinski definition) is 14. The van der Waals surface area contributed by atoms with Crippen LogP contribution in [0.25, 0.3) is 12.2 Å². The Morgan fingerprint density at radius 1 is 0.597 bits per heavy atom. The Morgan fingerprint density at radius 2 is 1.04 bits per heavy atom. The molecule has 5 aromatic carbocycles. The van der Waals surface area contributed by atoms with Gasteiger partial charge in [0.1, 0.15) is 11.5 Å². The number of nitrogen functional groups attached to an aromatic ring is 2. The summed E-state index contributed by atoms with van der Waals surface area (Å²) in [7, 11) is 2.55. The molecule has 5 aromatic rings. The smallest absolute Gasteiger partial charge is 0.422 e. The number of nitrogens with two attached hydrogens (primary N) is 2. The molecule has 14 nitrogen and oxygen atoms in total. The predicted molar refractivity (Wildman–Crippen MR) is 230 cm³/mol. The van der Waals surface area contributed by atoms with Crippen LogP contribution >= 0.6 is 0 Å². The molecule has 1 unspecified atom stereocenters. The van der Waals surface area contributed by atoms with Gasteiger partial charge in [0.25, 0.3) is 0 Å². The highest BCUT2D eigenvalue weighted by atomic mass is 19.4. The summed E-state index contributed by atoms with van der Waals surface area (Å²) in [6.07, 6.45) is -5.28. The van der Waals surface area contributed by atoms with Crippen molar-refractivity contribution < 1.29 is 84.2 Å². The van der Waals surface area contributed by atoms with Gasteiger partial charge < -0.3 is 50.1 Å². The molecular weight excluding hydrogens is 899 g/mol. The molecule has 1 atom stereocenters. The van der Waals surface area contributed by atoms with Crippen molar-refractivity contribution in [3.63, 3.8) is 0 Å². The average molecular weight is 939 g/mol. The van der Waals surface area contributed by atoms with Crippen LogP contribution in [-0.4, -0.2) is 79.3 Å². The minimum absolute atomic E-state index is 0.00578. The molecule has 0 aromatic heterocycles. The van der Waals surface area contributed by atoms with E-state index in [9.17, 15) is 55.7 Å². The van der Waals surface area contributed by atoms with Crippen LogP contribution in [0.5, 0.6) is 34.5 Å². The molecule has 6 N–H and O–H groups in total. The van der Waals surface area contributed by atoms with E-state index >= 15 is 0 Å². The van der Waals surface area contributed by atoms with Crippen molar-refractivity contribution >= 4 is 47.0 Å². The van der Waals surface area contributed by atoms with E-state index in [1.165, 1.54) is 117 Å². The van der Waals surface area contributed by atoms with Crippen molar-refractivity contribution in [1.29, 1.82) is 0 Å². The number of allylic oxidation sites excluding steroid dienone is 1. The van der Waals surface area contributed by atoms with Crippen molar-refractivity contribution in [2.45, 2.75) is 30.5 Å². The zero-order valence-corrected chi connectivity index (χ0v) is 35.2. The molecule has 0 fully saturated rings. The largest absolute Gasteiger partial charge is 0.493 e. The molecule has 0 bridgehead atoms. The highest BCUT2D eigenvalue weighted by Gasteiger charge is 2.43. The third-order valence-electron chi connectivity index (χ3n) is 9.39. The molecule has 0 radical (unpaired) electrons. The number of anilines is 2. The highest BCUT2D eigenvalue weighted by molar-refractivity contribution is 6.01. The minimum Gasteiger partial charge on any atom is -0.493 e. The number of carbonyl (C=O) groups excluding carboxylic acids is 4. The maximum atomic E-state index is 13.5.